The first-order valence-corrected chi connectivity index (χ1v) is 8.85. The predicted octanol–water partition coefficient (Wildman–Crippen LogP) is 3.12. The Kier molecular flexibility index (Phi) is 7.23. The number of anilines is 1. The van der Waals surface area contributed by atoms with Crippen LogP contribution < -0.4 is 20.1 Å². The molecule has 0 spiro atoms. The molecule has 6 heteroatoms. The number of para-hydroxylation sites is 1. The third-order valence-electron chi connectivity index (χ3n) is 4.18. The zero-order valence-electron chi connectivity index (χ0n) is 16.2. The molecule has 2 N–H and O–H groups in total. The Morgan fingerprint density at radius 3 is 2.33 bits per heavy atom. The predicted molar refractivity (Wildman–Crippen MR) is 105 cm³/mol. The van der Waals surface area contributed by atoms with Crippen molar-refractivity contribution in [2.45, 2.75) is 26.2 Å². The molecule has 0 aliphatic heterocycles. The summed E-state index contributed by atoms with van der Waals surface area (Å²) in [4.78, 5) is 24.2. The van der Waals surface area contributed by atoms with E-state index in [1.54, 1.807) is 20.3 Å². The van der Waals surface area contributed by atoms with Crippen LogP contribution in [0.2, 0.25) is 0 Å². The van der Waals surface area contributed by atoms with E-state index >= 15 is 0 Å². The number of hydrogen-bond acceptors (Lipinski definition) is 4. The number of hydrogen-bond donors (Lipinski definition) is 2. The second kappa shape index (κ2) is 9.62. The van der Waals surface area contributed by atoms with Gasteiger partial charge in [0, 0.05) is 12.2 Å². The SMILES string of the molecule is COc1ccc(CCNC(=O)C(=O)Nc2ccccc2C(C)C)cc1OC. The summed E-state index contributed by atoms with van der Waals surface area (Å²) in [5.41, 5.74) is 2.62. The van der Waals surface area contributed by atoms with Crippen LogP contribution in [0.3, 0.4) is 0 Å². The van der Waals surface area contributed by atoms with Gasteiger partial charge in [0.05, 0.1) is 14.2 Å². The maximum absolute atomic E-state index is 12.2. The van der Waals surface area contributed by atoms with Crippen LogP contribution in [0, 0.1) is 0 Å². The van der Waals surface area contributed by atoms with E-state index in [1.165, 1.54) is 0 Å². The van der Waals surface area contributed by atoms with E-state index in [2.05, 4.69) is 10.6 Å². The lowest BCUT2D eigenvalue weighted by Crippen LogP contribution is -2.36. The van der Waals surface area contributed by atoms with Gasteiger partial charge in [0.25, 0.3) is 0 Å². The van der Waals surface area contributed by atoms with E-state index < -0.39 is 11.8 Å². The van der Waals surface area contributed by atoms with Gasteiger partial charge >= 0.3 is 11.8 Å². The second-order valence-corrected chi connectivity index (χ2v) is 6.39. The maximum atomic E-state index is 12.2. The largest absolute Gasteiger partial charge is 0.493 e. The highest BCUT2D eigenvalue weighted by Gasteiger charge is 2.16. The van der Waals surface area contributed by atoms with Crippen molar-refractivity contribution >= 4 is 17.5 Å². The van der Waals surface area contributed by atoms with Crippen molar-refractivity contribution in [2.75, 3.05) is 26.1 Å². The highest BCUT2D eigenvalue weighted by Crippen LogP contribution is 2.27. The van der Waals surface area contributed by atoms with E-state index in [4.69, 9.17) is 9.47 Å². The number of benzene rings is 2. The molecule has 2 amide bonds. The average molecular weight is 370 g/mol. The Hall–Kier alpha value is -3.02. The summed E-state index contributed by atoms with van der Waals surface area (Å²) >= 11 is 0. The molecular weight excluding hydrogens is 344 g/mol. The molecule has 0 aliphatic rings. The molecule has 2 aromatic rings. The van der Waals surface area contributed by atoms with E-state index in [-0.39, 0.29) is 5.92 Å². The smallest absolute Gasteiger partial charge is 0.313 e. The highest BCUT2D eigenvalue weighted by atomic mass is 16.5. The number of carbonyl (C=O) groups excluding carboxylic acids is 2. The van der Waals surface area contributed by atoms with E-state index in [0.717, 1.165) is 11.1 Å². The first kappa shape index (κ1) is 20.3. The first-order valence-electron chi connectivity index (χ1n) is 8.85. The third-order valence-corrected chi connectivity index (χ3v) is 4.18. The zero-order valence-corrected chi connectivity index (χ0v) is 16.2. The van der Waals surface area contributed by atoms with Crippen LogP contribution in [0.5, 0.6) is 11.5 Å². The van der Waals surface area contributed by atoms with Gasteiger partial charge in [-0.25, -0.2) is 0 Å². The number of nitrogens with one attached hydrogen (secondary N) is 2. The minimum Gasteiger partial charge on any atom is -0.493 e. The average Bonchev–Trinajstić information content (AvgIpc) is 2.67. The van der Waals surface area contributed by atoms with Crippen molar-refractivity contribution in [3.63, 3.8) is 0 Å². The first-order chi connectivity index (χ1) is 13.0. The summed E-state index contributed by atoms with van der Waals surface area (Å²) in [6.07, 6.45) is 0.571. The van der Waals surface area contributed by atoms with Gasteiger partial charge < -0.3 is 20.1 Å². The van der Waals surface area contributed by atoms with Crippen LogP contribution >= 0.6 is 0 Å². The molecule has 0 heterocycles. The molecule has 0 saturated carbocycles. The number of rotatable bonds is 7. The molecule has 144 valence electrons. The lowest BCUT2D eigenvalue weighted by Gasteiger charge is -2.13. The fourth-order valence-corrected chi connectivity index (χ4v) is 2.73. The van der Waals surface area contributed by atoms with Crippen molar-refractivity contribution in [3.8, 4) is 11.5 Å². The summed E-state index contributed by atoms with van der Waals surface area (Å²) in [6.45, 7) is 4.41. The van der Waals surface area contributed by atoms with Gasteiger partial charge in [0.1, 0.15) is 0 Å². The van der Waals surface area contributed by atoms with Crippen LogP contribution in [0.1, 0.15) is 30.9 Å². The van der Waals surface area contributed by atoms with E-state index in [1.807, 2.05) is 50.2 Å². The van der Waals surface area contributed by atoms with Gasteiger partial charge in [-0.1, -0.05) is 38.1 Å². The Labute approximate surface area is 159 Å². The molecule has 0 aromatic heterocycles. The van der Waals surface area contributed by atoms with Crippen molar-refractivity contribution in [2.24, 2.45) is 0 Å². The van der Waals surface area contributed by atoms with Crippen molar-refractivity contribution < 1.29 is 19.1 Å². The van der Waals surface area contributed by atoms with Crippen molar-refractivity contribution in [3.05, 3.63) is 53.6 Å². The van der Waals surface area contributed by atoms with Crippen molar-refractivity contribution in [1.29, 1.82) is 0 Å². The molecule has 6 nitrogen and oxygen atoms in total. The summed E-state index contributed by atoms with van der Waals surface area (Å²) in [7, 11) is 3.15. The van der Waals surface area contributed by atoms with Crippen LogP contribution in [-0.4, -0.2) is 32.6 Å². The molecule has 27 heavy (non-hydrogen) atoms. The number of amides is 2. The fraction of sp³-hybridized carbons (Fsp3) is 0.333. The Morgan fingerprint density at radius 1 is 0.963 bits per heavy atom. The molecule has 2 rings (SSSR count). The topological polar surface area (TPSA) is 76.7 Å². The lowest BCUT2D eigenvalue weighted by molar-refractivity contribution is -0.136. The second-order valence-electron chi connectivity index (χ2n) is 6.39. The van der Waals surface area contributed by atoms with E-state index in [9.17, 15) is 9.59 Å². The summed E-state index contributed by atoms with van der Waals surface area (Å²) in [5, 5.41) is 5.33. The quantitative estimate of drug-likeness (QED) is 0.734. The lowest BCUT2D eigenvalue weighted by atomic mass is 10.0. The standard InChI is InChI=1S/C21H26N2O4/c1-14(2)16-7-5-6-8-17(16)23-21(25)20(24)22-12-11-15-9-10-18(26-3)19(13-15)27-4/h5-10,13-14H,11-12H2,1-4H3,(H,22,24)(H,23,25). The minimum atomic E-state index is -0.671. The van der Waals surface area contributed by atoms with Gasteiger partial charge in [-0.3, -0.25) is 9.59 Å². The molecular formula is C21H26N2O4. The van der Waals surface area contributed by atoms with Crippen LogP contribution in [0.15, 0.2) is 42.5 Å². The van der Waals surface area contributed by atoms with Crippen LogP contribution in [-0.2, 0) is 16.0 Å². The van der Waals surface area contributed by atoms with Gasteiger partial charge in [-0.2, -0.15) is 0 Å². The maximum Gasteiger partial charge on any atom is 0.313 e. The van der Waals surface area contributed by atoms with E-state index in [0.29, 0.717) is 30.2 Å². The highest BCUT2D eigenvalue weighted by molar-refractivity contribution is 6.39. The number of methoxy groups -OCH3 is 2. The molecule has 0 atom stereocenters. The molecule has 0 unspecified atom stereocenters. The normalized spacial score (nSPS) is 10.4. The van der Waals surface area contributed by atoms with Gasteiger partial charge in [-0.15, -0.1) is 0 Å². The summed E-state index contributed by atoms with van der Waals surface area (Å²) < 4.78 is 10.5. The van der Waals surface area contributed by atoms with Gasteiger partial charge in [0.2, 0.25) is 0 Å². The van der Waals surface area contributed by atoms with Crippen molar-refractivity contribution in [1.82, 2.24) is 5.32 Å². The number of carbonyl (C=O) groups is 2. The van der Waals surface area contributed by atoms with Gasteiger partial charge in [-0.05, 0) is 41.7 Å². The Balaban J connectivity index is 1.90. The molecule has 0 fully saturated rings. The number of ether oxygens (including phenoxy) is 2. The molecule has 0 saturated heterocycles. The van der Waals surface area contributed by atoms with Crippen LogP contribution in [0.4, 0.5) is 5.69 Å². The summed E-state index contributed by atoms with van der Waals surface area (Å²) in [5.74, 6) is 0.192. The monoisotopic (exact) mass is 370 g/mol. The van der Waals surface area contributed by atoms with Gasteiger partial charge in [0.15, 0.2) is 11.5 Å². The molecule has 0 radical (unpaired) electrons. The van der Waals surface area contributed by atoms with Crippen LogP contribution in [0.25, 0.3) is 0 Å². The Bertz CT molecular complexity index is 803. The molecule has 0 bridgehead atoms. The Morgan fingerprint density at radius 2 is 1.67 bits per heavy atom. The zero-order chi connectivity index (χ0) is 19.8. The summed E-state index contributed by atoms with van der Waals surface area (Å²) in [6, 6.07) is 13.0. The third kappa shape index (κ3) is 5.48. The fourth-order valence-electron chi connectivity index (χ4n) is 2.73. The molecule has 2 aromatic carbocycles. The molecule has 0 aliphatic carbocycles. The minimum absolute atomic E-state index is 0.245.